The average molecular weight is 271 g/mol. The van der Waals surface area contributed by atoms with Crippen molar-refractivity contribution in [2.75, 3.05) is 13.1 Å². The summed E-state index contributed by atoms with van der Waals surface area (Å²) in [6.07, 6.45) is 2.22. The third kappa shape index (κ3) is 7.53. The van der Waals surface area contributed by atoms with Gasteiger partial charge in [0.05, 0.1) is 6.04 Å². The van der Waals surface area contributed by atoms with Crippen molar-refractivity contribution < 1.29 is 4.79 Å². The Morgan fingerprint density at radius 3 is 1.68 bits per heavy atom. The lowest BCUT2D eigenvalue weighted by Crippen LogP contribution is -2.52. The van der Waals surface area contributed by atoms with Crippen LogP contribution in [0.5, 0.6) is 0 Å². The highest BCUT2D eigenvalue weighted by Crippen LogP contribution is 2.15. The van der Waals surface area contributed by atoms with E-state index in [4.69, 9.17) is 5.84 Å². The zero-order valence-corrected chi connectivity index (χ0v) is 13.6. The molecule has 0 fully saturated rings. The van der Waals surface area contributed by atoms with Crippen LogP contribution in [0, 0.1) is 17.8 Å². The molecule has 0 aromatic heterocycles. The van der Waals surface area contributed by atoms with Crippen LogP contribution in [0.1, 0.15) is 54.4 Å². The third-order valence-corrected chi connectivity index (χ3v) is 3.42. The normalized spacial score (nSPS) is 13.6. The van der Waals surface area contributed by atoms with Gasteiger partial charge in [0, 0.05) is 0 Å². The quantitative estimate of drug-likeness (QED) is 0.384. The molecule has 0 aliphatic rings. The molecule has 0 heterocycles. The average Bonchev–Trinajstić information content (AvgIpc) is 2.30. The van der Waals surface area contributed by atoms with Gasteiger partial charge in [-0.05, 0) is 43.7 Å². The number of hydrogen-bond donors (Lipinski definition) is 2. The molecule has 1 amide bonds. The molecule has 0 aliphatic carbocycles. The van der Waals surface area contributed by atoms with Crippen LogP contribution >= 0.6 is 0 Å². The minimum Gasteiger partial charge on any atom is -0.293 e. The molecule has 1 atom stereocenters. The summed E-state index contributed by atoms with van der Waals surface area (Å²) in [5.74, 6) is 6.83. The van der Waals surface area contributed by atoms with E-state index in [1.54, 1.807) is 0 Å². The first kappa shape index (κ1) is 18.4. The predicted octanol–water partition coefficient (Wildman–Crippen LogP) is 2.40. The lowest BCUT2D eigenvalue weighted by molar-refractivity contribution is -0.128. The van der Waals surface area contributed by atoms with Gasteiger partial charge in [0.15, 0.2) is 0 Å². The topological polar surface area (TPSA) is 58.4 Å². The van der Waals surface area contributed by atoms with E-state index >= 15 is 0 Å². The van der Waals surface area contributed by atoms with Crippen molar-refractivity contribution in [3.8, 4) is 0 Å². The number of hydrazine groups is 1. The van der Waals surface area contributed by atoms with Gasteiger partial charge in [-0.15, -0.1) is 0 Å². The monoisotopic (exact) mass is 271 g/mol. The van der Waals surface area contributed by atoms with E-state index in [9.17, 15) is 4.79 Å². The SMILES string of the molecule is CC(C)CCN(CCC(C)C)C(C(=O)NN)C(C)C. The molecule has 0 saturated heterocycles. The van der Waals surface area contributed by atoms with Crippen molar-refractivity contribution in [1.82, 2.24) is 10.3 Å². The Bertz CT molecular complexity index is 240. The highest BCUT2D eigenvalue weighted by molar-refractivity contribution is 5.81. The van der Waals surface area contributed by atoms with Gasteiger partial charge < -0.3 is 0 Å². The van der Waals surface area contributed by atoms with Crippen LogP contribution in [0.25, 0.3) is 0 Å². The van der Waals surface area contributed by atoms with Gasteiger partial charge in [-0.1, -0.05) is 41.5 Å². The summed E-state index contributed by atoms with van der Waals surface area (Å²) in [6.45, 7) is 14.9. The molecule has 0 rings (SSSR count). The molecule has 0 saturated carbocycles. The zero-order chi connectivity index (χ0) is 15.0. The van der Waals surface area contributed by atoms with E-state index in [0.29, 0.717) is 11.8 Å². The van der Waals surface area contributed by atoms with E-state index in [1.165, 1.54) is 0 Å². The molecule has 0 spiro atoms. The Hall–Kier alpha value is -0.610. The summed E-state index contributed by atoms with van der Waals surface area (Å²) in [5.41, 5.74) is 2.32. The lowest BCUT2D eigenvalue weighted by Gasteiger charge is -2.34. The summed E-state index contributed by atoms with van der Waals surface area (Å²) in [5, 5.41) is 0. The van der Waals surface area contributed by atoms with Crippen molar-refractivity contribution in [3.63, 3.8) is 0 Å². The van der Waals surface area contributed by atoms with Crippen molar-refractivity contribution in [1.29, 1.82) is 0 Å². The Balaban J connectivity index is 4.77. The van der Waals surface area contributed by atoms with Crippen LogP contribution in [0.4, 0.5) is 0 Å². The van der Waals surface area contributed by atoms with Crippen molar-refractivity contribution >= 4 is 5.91 Å². The van der Waals surface area contributed by atoms with Crippen molar-refractivity contribution in [2.45, 2.75) is 60.4 Å². The Kier molecular flexibility index (Phi) is 9.02. The van der Waals surface area contributed by atoms with Crippen molar-refractivity contribution in [3.05, 3.63) is 0 Å². The maximum Gasteiger partial charge on any atom is 0.251 e. The Morgan fingerprint density at radius 1 is 1.00 bits per heavy atom. The van der Waals surface area contributed by atoms with Crippen LogP contribution < -0.4 is 11.3 Å². The number of carbonyl (C=O) groups is 1. The minimum absolute atomic E-state index is 0.0671. The molecule has 19 heavy (non-hydrogen) atoms. The van der Waals surface area contributed by atoms with Gasteiger partial charge in [0.1, 0.15) is 0 Å². The maximum absolute atomic E-state index is 12.0. The standard InChI is InChI=1S/C15H33N3O/c1-11(2)7-9-18(10-8-12(3)4)14(13(5)6)15(19)17-16/h11-14H,7-10,16H2,1-6H3,(H,17,19). The van der Waals surface area contributed by atoms with E-state index in [2.05, 4.69) is 51.9 Å². The number of nitrogens with two attached hydrogens (primary N) is 1. The number of carbonyl (C=O) groups excluding carboxylic acids is 1. The van der Waals surface area contributed by atoms with Crippen LogP contribution in [-0.4, -0.2) is 29.9 Å². The molecule has 4 nitrogen and oxygen atoms in total. The Labute approximate surface area is 119 Å². The third-order valence-electron chi connectivity index (χ3n) is 3.42. The number of amides is 1. The fourth-order valence-corrected chi connectivity index (χ4v) is 2.21. The molecular weight excluding hydrogens is 238 g/mol. The number of rotatable bonds is 9. The summed E-state index contributed by atoms with van der Waals surface area (Å²) < 4.78 is 0. The molecule has 0 aliphatic heterocycles. The van der Waals surface area contributed by atoms with Crippen LogP contribution in [0.2, 0.25) is 0 Å². The van der Waals surface area contributed by atoms with Gasteiger partial charge >= 0.3 is 0 Å². The second-order valence-corrected chi connectivity index (χ2v) is 6.60. The van der Waals surface area contributed by atoms with Gasteiger partial charge in [-0.2, -0.15) is 0 Å². The van der Waals surface area contributed by atoms with Crippen LogP contribution in [0.3, 0.4) is 0 Å². The second kappa shape index (κ2) is 9.32. The highest BCUT2D eigenvalue weighted by Gasteiger charge is 2.28. The molecule has 0 aromatic rings. The van der Waals surface area contributed by atoms with Gasteiger partial charge in [-0.25, -0.2) is 5.84 Å². The fourth-order valence-electron chi connectivity index (χ4n) is 2.21. The van der Waals surface area contributed by atoms with E-state index in [0.717, 1.165) is 25.9 Å². The Morgan fingerprint density at radius 2 is 1.42 bits per heavy atom. The first-order valence-corrected chi connectivity index (χ1v) is 7.54. The van der Waals surface area contributed by atoms with Gasteiger partial charge in [0.25, 0.3) is 5.91 Å². The molecule has 114 valence electrons. The molecule has 0 bridgehead atoms. The summed E-state index contributed by atoms with van der Waals surface area (Å²) in [4.78, 5) is 14.3. The second-order valence-electron chi connectivity index (χ2n) is 6.60. The zero-order valence-electron chi connectivity index (χ0n) is 13.6. The summed E-state index contributed by atoms with van der Waals surface area (Å²) in [6, 6.07) is -0.123. The van der Waals surface area contributed by atoms with Gasteiger partial charge in [0.2, 0.25) is 0 Å². The first-order chi connectivity index (χ1) is 8.79. The number of hydrogen-bond acceptors (Lipinski definition) is 3. The fraction of sp³-hybridized carbons (Fsp3) is 0.933. The maximum atomic E-state index is 12.0. The lowest BCUT2D eigenvalue weighted by atomic mass is 9.99. The minimum atomic E-state index is -0.123. The van der Waals surface area contributed by atoms with E-state index < -0.39 is 0 Å². The van der Waals surface area contributed by atoms with Crippen molar-refractivity contribution in [2.24, 2.45) is 23.6 Å². The van der Waals surface area contributed by atoms with Crippen LogP contribution in [0.15, 0.2) is 0 Å². The molecule has 0 radical (unpaired) electrons. The molecular formula is C15H33N3O. The largest absolute Gasteiger partial charge is 0.293 e. The smallest absolute Gasteiger partial charge is 0.251 e. The van der Waals surface area contributed by atoms with Crippen LogP contribution in [-0.2, 0) is 4.79 Å². The summed E-state index contributed by atoms with van der Waals surface area (Å²) >= 11 is 0. The van der Waals surface area contributed by atoms with E-state index in [1.807, 2.05) is 0 Å². The molecule has 3 N–H and O–H groups in total. The molecule has 4 heteroatoms. The first-order valence-electron chi connectivity index (χ1n) is 7.54. The number of nitrogens with zero attached hydrogens (tertiary/aromatic N) is 1. The highest BCUT2D eigenvalue weighted by atomic mass is 16.2. The number of nitrogens with one attached hydrogen (secondary N) is 1. The van der Waals surface area contributed by atoms with E-state index in [-0.39, 0.29) is 17.9 Å². The molecule has 0 aromatic carbocycles. The van der Waals surface area contributed by atoms with Gasteiger partial charge in [-0.3, -0.25) is 15.1 Å². The summed E-state index contributed by atoms with van der Waals surface area (Å²) in [7, 11) is 0. The predicted molar refractivity (Wildman–Crippen MR) is 81.4 cm³/mol. The molecule has 1 unspecified atom stereocenters.